The summed E-state index contributed by atoms with van der Waals surface area (Å²) in [5.74, 6) is 0. The van der Waals surface area contributed by atoms with Gasteiger partial charge in [-0.2, -0.15) is 0 Å². The van der Waals surface area contributed by atoms with Gasteiger partial charge in [-0.25, -0.2) is 0 Å². The van der Waals surface area contributed by atoms with E-state index in [9.17, 15) is 0 Å². The van der Waals surface area contributed by atoms with E-state index in [4.69, 9.17) is 12.2 Å². The predicted molar refractivity (Wildman–Crippen MR) is 62.6 cm³/mol. The largest absolute Gasteiger partial charge is 0.349 e. The Morgan fingerprint density at radius 1 is 1.46 bits per heavy atom. The van der Waals surface area contributed by atoms with Crippen LogP contribution in [0.15, 0.2) is 29.2 Å². The summed E-state index contributed by atoms with van der Waals surface area (Å²) in [6.07, 6.45) is 0.967. The van der Waals surface area contributed by atoms with Crippen molar-refractivity contribution in [3.63, 3.8) is 0 Å². The van der Waals surface area contributed by atoms with Gasteiger partial charge >= 0.3 is 0 Å². The van der Waals surface area contributed by atoms with Crippen molar-refractivity contribution in [2.24, 2.45) is 0 Å². The molecule has 0 aliphatic carbocycles. The van der Waals surface area contributed by atoms with Crippen molar-refractivity contribution in [2.75, 3.05) is 5.32 Å². The summed E-state index contributed by atoms with van der Waals surface area (Å²) in [7, 11) is 0. The number of hydrogen-bond acceptors (Lipinski definition) is 2. The van der Waals surface area contributed by atoms with E-state index in [1.165, 1.54) is 4.90 Å². The number of benzene rings is 1. The summed E-state index contributed by atoms with van der Waals surface area (Å²) < 4.78 is 0. The lowest BCUT2D eigenvalue weighted by Crippen LogP contribution is -2.10. The lowest BCUT2D eigenvalue weighted by molar-refractivity contribution is 1.03. The zero-order chi connectivity index (χ0) is 9.26. The van der Waals surface area contributed by atoms with Gasteiger partial charge in [0, 0.05) is 16.6 Å². The maximum absolute atomic E-state index is 5.22. The van der Waals surface area contributed by atoms with Gasteiger partial charge in [0.25, 0.3) is 0 Å². The molecule has 0 amide bonds. The van der Waals surface area contributed by atoms with Crippen molar-refractivity contribution < 1.29 is 0 Å². The summed E-state index contributed by atoms with van der Waals surface area (Å²) in [5.41, 5.74) is 1.15. The van der Waals surface area contributed by atoms with Crippen molar-refractivity contribution >= 4 is 34.7 Å². The molecule has 1 aromatic rings. The molecule has 0 bridgehead atoms. The highest BCUT2D eigenvalue weighted by atomic mass is 32.2. The number of para-hydroxylation sites is 1. The lowest BCUT2D eigenvalue weighted by atomic mass is 10.3. The van der Waals surface area contributed by atoms with Crippen LogP contribution >= 0.6 is 24.0 Å². The van der Waals surface area contributed by atoms with E-state index in [0.717, 1.165) is 17.1 Å². The third-order valence-electron chi connectivity index (χ3n) is 1.96. The van der Waals surface area contributed by atoms with Gasteiger partial charge in [-0.15, -0.1) is 11.8 Å². The fourth-order valence-electron chi connectivity index (χ4n) is 1.39. The third kappa shape index (κ3) is 2.03. The van der Waals surface area contributed by atoms with E-state index in [2.05, 4.69) is 30.4 Å². The smallest absolute Gasteiger partial charge is 0.0808 e. The molecule has 1 aliphatic heterocycles. The molecule has 1 aliphatic rings. The maximum atomic E-state index is 5.22. The summed E-state index contributed by atoms with van der Waals surface area (Å²) in [4.78, 5) is 2.25. The van der Waals surface area contributed by atoms with Crippen molar-refractivity contribution in [1.29, 1.82) is 0 Å². The van der Waals surface area contributed by atoms with E-state index in [0.29, 0.717) is 5.25 Å². The minimum Gasteiger partial charge on any atom is -0.349 e. The molecule has 0 saturated carbocycles. The van der Waals surface area contributed by atoms with Gasteiger partial charge in [-0.05, 0) is 12.1 Å². The average molecular weight is 209 g/mol. The van der Waals surface area contributed by atoms with E-state index in [1.807, 2.05) is 17.8 Å². The molecule has 1 N–H and O–H groups in total. The molecular formula is C10H11NS2. The van der Waals surface area contributed by atoms with Gasteiger partial charge in [0.15, 0.2) is 0 Å². The Hall–Kier alpha value is -0.540. The van der Waals surface area contributed by atoms with Crippen molar-refractivity contribution in [3.8, 4) is 0 Å². The molecule has 1 heterocycles. The van der Waals surface area contributed by atoms with Crippen LogP contribution in [-0.4, -0.2) is 10.2 Å². The molecule has 1 nitrogen and oxygen atoms in total. The molecule has 1 atom stereocenters. The third-order valence-corrected chi connectivity index (χ3v) is 3.41. The first-order valence-electron chi connectivity index (χ1n) is 4.31. The van der Waals surface area contributed by atoms with E-state index < -0.39 is 0 Å². The minimum absolute atomic E-state index is 0.573. The van der Waals surface area contributed by atoms with Crippen molar-refractivity contribution in [2.45, 2.75) is 23.5 Å². The Labute approximate surface area is 87.9 Å². The molecule has 0 unspecified atom stereocenters. The first-order valence-corrected chi connectivity index (χ1v) is 5.60. The second kappa shape index (κ2) is 3.68. The van der Waals surface area contributed by atoms with Crippen LogP contribution in [-0.2, 0) is 0 Å². The molecule has 0 aromatic heterocycles. The zero-order valence-corrected chi connectivity index (χ0v) is 9.04. The van der Waals surface area contributed by atoms with Crippen molar-refractivity contribution in [3.05, 3.63) is 24.3 Å². The molecule has 0 spiro atoms. The van der Waals surface area contributed by atoms with Crippen molar-refractivity contribution in [1.82, 2.24) is 0 Å². The van der Waals surface area contributed by atoms with E-state index in [1.54, 1.807) is 0 Å². The number of nitrogens with one attached hydrogen (secondary N) is 1. The molecular weight excluding hydrogens is 198 g/mol. The van der Waals surface area contributed by atoms with Crippen LogP contribution in [0.3, 0.4) is 0 Å². The van der Waals surface area contributed by atoms with Crippen LogP contribution in [0.25, 0.3) is 0 Å². The topological polar surface area (TPSA) is 12.0 Å². The first-order chi connectivity index (χ1) is 6.25. The molecule has 2 rings (SSSR count). The molecule has 13 heavy (non-hydrogen) atoms. The van der Waals surface area contributed by atoms with Crippen LogP contribution in [0.2, 0.25) is 0 Å². The van der Waals surface area contributed by atoms with Gasteiger partial charge in [0.1, 0.15) is 0 Å². The summed E-state index contributed by atoms with van der Waals surface area (Å²) in [6.45, 7) is 2.21. The Bertz CT molecular complexity index is 335. The zero-order valence-electron chi connectivity index (χ0n) is 7.41. The maximum Gasteiger partial charge on any atom is 0.0808 e. The quantitative estimate of drug-likeness (QED) is 0.658. The van der Waals surface area contributed by atoms with Gasteiger partial charge < -0.3 is 5.32 Å². The first kappa shape index (κ1) is 9.03. The molecule has 1 aromatic carbocycles. The Morgan fingerprint density at radius 2 is 2.23 bits per heavy atom. The monoisotopic (exact) mass is 209 g/mol. The van der Waals surface area contributed by atoms with Crippen LogP contribution in [0.1, 0.15) is 13.3 Å². The fourth-order valence-corrected chi connectivity index (χ4v) is 2.95. The molecule has 68 valence electrons. The van der Waals surface area contributed by atoms with Gasteiger partial charge in [0.05, 0.1) is 10.7 Å². The van der Waals surface area contributed by atoms with Crippen LogP contribution in [0.5, 0.6) is 0 Å². The molecule has 3 heteroatoms. The van der Waals surface area contributed by atoms with Crippen LogP contribution in [0, 0.1) is 0 Å². The number of fused-ring (bicyclic) bond motifs is 1. The summed E-state index contributed by atoms with van der Waals surface area (Å²) in [5, 5.41) is 3.84. The van der Waals surface area contributed by atoms with Gasteiger partial charge in [-0.3, -0.25) is 0 Å². The summed E-state index contributed by atoms with van der Waals surface area (Å²) >= 11 is 7.11. The average Bonchev–Trinajstić information content (AvgIpc) is 2.20. The van der Waals surface area contributed by atoms with E-state index >= 15 is 0 Å². The van der Waals surface area contributed by atoms with Crippen LogP contribution in [0.4, 0.5) is 5.69 Å². The fraction of sp³-hybridized carbons (Fsp3) is 0.300. The number of thiocarbonyl (C=S) groups is 1. The molecule has 0 radical (unpaired) electrons. The Kier molecular flexibility index (Phi) is 2.56. The standard InChI is InChI=1S/C10H11NS2/c1-7-6-10(12)11-8-4-2-3-5-9(8)13-7/h2-5,7H,6H2,1H3,(H,11,12)/t7-/m0/s1. The van der Waals surface area contributed by atoms with Gasteiger partial charge in [0.2, 0.25) is 0 Å². The van der Waals surface area contributed by atoms with E-state index in [-0.39, 0.29) is 0 Å². The highest BCUT2D eigenvalue weighted by Crippen LogP contribution is 2.34. The van der Waals surface area contributed by atoms with Crippen LogP contribution < -0.4 is 5.32 Å². The Balaban J connectivity index is 2.38. The number of rotatable bonds is 0. The Morgan fingerprint density at radius 3 is 3.08 bits per heavy atom. The number of anilines is 1. The lowest BCUT2D eigenvalue weighted by Gasteiger charge is -2.05. The number of thioether (sulfide) groups is 1. The van der Waals surface area contributed by atoms with Gasteiger partial charge in [-0.1, -0.05) is 31.3 Å². The summed E-state index contributed by atoms with van der Waals surface area (Å²) in [6, 6.07) is 8.31. The molecule has 0 saturated heterocycles. The highest BCUT2D eigenvalue weighted by Gasteiger charge is 2.15. The second-order valence-corrected chi connectivity index (χ2v) is 5.15. The highest BCUT2D eigenvalue weighted by molar-refractivity contribution is 8.00. The minimum atomic E-state index is 0.573. The second-order valence-electron chi connectivity index (χ2n) is 3.18. The SMILES string of the molecule is C[C@H]1CC(=S)Nc2ccccc2S1. The number of hydrogen-bond donors (Lipinski definition) is 1. The normalized spacial score (nSPS) is 21.6. The predicted octanol–water partition coefficient (Wildman–Crippen LogP) is 3.31. The molecule has 0 fully saturated rings.